The normalized spacial score (nSPS) is 13.6. The van der Waals surface area contributed by atoms with E-state index in [2.05, 4.69) is 5.10 Å². The highest BCUT2D eigenvalue weighted by atomic mass is 32.2. The van der Waals surface area contributed by atoms with Crippen molar-refractivity contribution in [3.63, 3.8) is 0 Å². The summed E-state index contributed by atoms with van der Waals surface area (Å²) in [6, 6.07) is 12.1. The van der Waals surface area contributed by atoms with Gasteiger partial charge in [-0.15, -0.1) is 11.3 Å². The summed E-state index contributed by atoms with van der Waals surface area (Å²) in [5, 5.41) is 8.46. The van der Waals surface area contributed by atoms with E-state index in [9.17, 15) is 17.6 Å². The number of aromatic nitrogens is 3. The van der Waals surface area contributed by atoms with Crippen LogP contribution in [-0.2, 0) is 23.1 Å². The SMILES string of the molecule is NC/C(=C\F)Cn1ncn(Cc2ccc(C(c3ccccc3)S(N)(=O)=O)s2)c1=O. The van der Waals surface area contributed by atoms with Gasteiger partial charge in [-0.25, -0.2) is 27.4 Å². The Morgan fingerprint density at radius 3 is 2.59 bits per heavy atom. The number of nitrogens with two attached hydrogens (primary N) is 2. The highest BCUT2D eigenvalue weighted by Crippen LogP contribution is 2.33. The van der Waals surface area contributed by atoms with Crippen molar-refractivity contribution in [3.05, 3.63) is 86.5 Å². The maximum Gasteiger partial charge on any atom is 0.346 e. The summed E-state index contributed by atoms with van der Waals surface area (Å²) < 4.78 is 39.5. The zero-order valence-electron chi connectivity index (χ0n) is 15.3. The van der Waals surface area contributed by atoms with Crippen molar-refractivity contribution in [3.8, 4) is 0 Å². The standard InChI is InChI=1S/C18H20FN5O3S2/c19-8-13(9-20)10-24-18(25)23(12-22-24)11-15-6-7-16(28-15)17(29(21,26)27)14-4-2-1-3-5-14/h1-8,12,17H,9-11,20H2,(H2,21,26,27)/b13-8+. The lowest BCUT2D eigenvalue weighted by Crippen LogP contribution is -2.26. The monoisotopic (exact) mass is 437 g/mol. The van der Waals surface area contributed by atoms with Crippen molar-refractivity contribution >= 4 is 21.4 Å². The largest absolute Gasteiger partial charge is 0.346 e. The zero-order chi connectivity index (χ0) is 21.0. The van der Waals surface area contributed by atoms with Crippen LogP contribution in [0.4, 0.5) is 4.39 Å². The highest BCUT2D eigenvalue weighted by molar-refractivity contribution is 7.89. The fourth-order valence-electron chi connectivity index (χ4n) is 2.86. The van der Waals surface area contributed by atoms with Crippen LogP contribution < -0.4 is 16.6 Å². The number of rotatable bonds is 8. The van der Waals surface area contributed by atoms with Crippen LogP contribution in [0.15, 0.2) is 65.5 Å². The highest BCUT2D eigenvalue weighted by Gasteiger charge is 2.27. The van der Waals surface area contributed by atoms with Crippen molar-refractivity contribution in [2.75, 3.05) is 6.54 Å². The lowest BCUT2D eigenvalue weighted by Gasteiger charge is -2.13. The Balaban J connectivity index is 1.85. The Hall–Kier alpha value is -2.60. The number of primary sulfonamides is 1. The molecule has 0 aliphatic rings. The first kappa shape index (κ1) is 21.1. The Morgan fingerprint density at radius 2 is 1.97 bits per heavy atom. The number of nitrogens with zero attached hydrogens (tertiary/aromatic N) is 3. The van der Waals surface area contributed by atoms with Gasteiger partial charge in [-0.2, -0.15) is 5.10 Å². The molecule has 0 saturated carbocycles. The molecule has 8 nitrogen and oxygen atoms in total. The molecule has 3 rings (SSSR count). The first-order chi connectivity index (χ1) is 13.8. The average molecular weight is 438 g/mol. The molecule has 4 N–H and O–H groups in total. The topological polar surface area (TPSA) is 126 Å². The molecule has 11 heteroatoms. The molecule has 0 fully saturated rings. The lowest BCUT2D eigenvalue weighted by molar-refractivity contribution is 0.591. The molecule has 0 spiro atoms. The maximum atomic E-state index is 12.7. The molecule has 3 aromatic rings. The van der Waals surface area contributed by atoms with Gasteiger partial charge < -0.3 is 5.73 Å². The van der Waals surface area contributed by atoms with Crippen LogP contribution in [0.5, 0.6) is 0 Å². The third kappa shape index (κ3) is 4.88. The predicted molar refractivity (Wildman–Crippen MR) is 110 cm³/mol. The molecule has 1 atom stereocenters. The minimum atomic E-state index is -3.88. The molecule has 0 bridgehead atoms. The van der Waals surface area contributed by atoms with Crippen molar-refractivity contribution in [1.82, 2.24) is 14.3 Å². The first-order valence-electron chi connectivity index (χ1n) is 8.59. The van der Waals surface area contributed by atoms with Gasteiger partial charge >= 0.3 is 5.69 Å². The summed E-state index contributed by atoms with van der Waals surface area (Å²) in [7, 11) is -3.88. The van der Waals surface area contributed by atoms with Gasteiger partial charge in [0.15, 0.2) is 0 Å². The number of thiophene rings is 1. The van der Waals surface area contributed by atoms with Crippen LogP contribution in [0.1, 0.15) is 20.6 Å². The van der Waals surface area contributed by atoms with Gasteiger partial charge in [0.1, 0.15) is 11.6 Å². The van der Waals surface area contributed by atoms with E-state index in [1.807, 2.05) is 0 Å². The van der Waals surface area contributed by atoms with Crippen LogP contribution in [0, 0.1) is 0 Å². The summed E-state index contributed by atoms with van der Waals surface area (Å²) in [4.78, 5) is 13.7. The van der Waals surface area contributed by atoms with Crippen molar-refractivity contribution in [1.29, 1.82) is 0 Å². The van der Waals surface area contributed by atoms with Crippen molar-refractivity contribution in [2.24, 2.45) is 10.9 Å². The van der Waals surface area contributed by atoms with E-state index < -0.39 is 21.0 Å². The third-order valence-electron chi connectivity index (χ3n) is 4.26. The Kier molecular flexibility index (Phi) is 6.42. The second-order valence-corrected chi connectivity index (χ2v) is 9.20. The summed E-state index contributed by atoms with van der Waals surface area (Å²) >= 11 is 1.25. The Labute approximate surface area is 170 Å². The van der Waals surface area contributed by atoms with Crippen LogP contribution in [0.3, 0.4) is 0 Å². The Morgan fingerprint density at radius 1 is 1.24 bits per heavy atom. The summed E-state index contributed by atoms with van der Waals surface area (Å²) in [5.74, 6) is 0. The third-order valence-corrected chi connectivity index (χ3v) is 6.73. The minimum absolute atomic E-state index is 0.0154. The number of halogens is 1. The molecule has 29 heavy (non-hydrogen) atoms. The first-order valence-corrected chi connectivity index (χ1v) is 11.0. The molecule has 154 valence electrons. The summed E-state index contributed by atoms with van der Waals surface area (Å²) in [6.45, 7) is 0.154. The smallest absolute Gasteiger partial charge is 0.327 e. The van der Waals surface area contributed by atoms with E-state index in [1.54, 1.807) is 42.5 Å². The minimum Gasteiger partial charge on any atom is -0.327 e. The number of benzene rings is 1. The molecular formula is C18H20FN5O3S2. The van der Waals surface area contributed by atoms with E-state index in [1.165, 1.54) is 22.2 Å². The van der Waals surface area contributed by atoms with Gasteiger partial charge in [0.2, 0.25) is 10.0 Å². The summed E-state index contributed by atoms with van der Waals surface area (Å²) in [6.07, 6.45) is 1.72. The maximum absolute atomic E-state index is 12.7. The number of hydrogen-bond acceptors (Lipinski definition) is 6. The van der Waals surface area contributed by atoms with Gasteiger partial charge in [-0.05, 0) is 23.3 Å². The number of hydrogen-bond donors (Lipinski definition) is 2. The molecule has 2 heterocycles. The second kappa shape index (κ2) is 8.82. The van der Waals surface area contributed by atoms with Crippen LogP contribution in [0.25, 0.3) is 0 Å². The molecule has 0 saturated heterocycles. The fourth-order valence-corrected chi connectivity index (χ4v) is 5.36. The molecule has 0 amide bonds. The van der Waals surface area contributed by atoms with E-state index in [-0.39, 0.29) is 25.2 Å². The molecule has 0 aliphatic heterocycles. The van der Waals surface area contributed by atoms with Crippen LogP contribution in [-0.4, -0.2) is 29.3 Å². The molecule has 0 aliphatic carbocycles. The zero-order valence-corrected chi connectivity index (χ0v) is 16.9. The van der Waals surface area contributed by atoms with E-state index in [0.717, 1.165) is 9.56 Å². The van der Waals surface area contributed by atoms with E-state index in [4.69, 9.17) is 10.9 Å². The molecule has 1 aromatic carbocycles. The molecule has 0 radical (unpaired) electrons. The number of sulfonamides is 1. The average Bonchev–Trinajstić information content (AvgIpc) is 3.27. The van der Waals surface area contributed by atoms with E-state index in [0.29, 0.717) is 16.8 Å². The lowest BCUT2D eigenvalue weighted by atomic mass is 10.1. The Bertz CT molecular complexity index is 1170. The second-order valence-electron chi connectivity index (χ2n) is 6.35. The van der Waals surface area contributed by atoms with Crippen molar-refractivity contribution < 1.29 is 12.8 Å². The van der Waals surface area contributed by atoms with Gasteiger partial charge in [-0.1, -0.05) is 30.3 Å². The van der Waals surface area contributed by atoms with E-state index >= 15 is 0 Å². The van der Waals surface area contributed by atoms with Gasteiger partial charge in [0, 0.05) is 16.3 Å². The quantitative estimate of drug-likeness (QED) is 0.550. The summed E-state index contributed by atoms with van der Waals surface area (Å²) in [5.41, 5.74) is 5.81. The van der Waals surface area contributed by atoms with Gasteiger partial charge in [0.05, 0.1) is 19.4 Å². The molecule has 1 unspecified atom stereocenters. The van der Waals surface area contributed by atoms with Gasteiger partial charge in [0.25, 0.3) is 0 Å². The van der Waals surface area contributed by atoms with Crippen LogP contribution >= 0.6 is 11.3 Å². The van der Waals surface area contributed by atoms with Crippen LogP contribution in [0.2, 0.25) is 0 Å². The molecular weight excluding hydrogens is 417 g/mol. The van der Waals surface area contributed by atoms with Crippen molar-refractivity contribution in [2.45, 2.75) is 18.3 Å². The fraction of sp³-hybridized carbons (Fsp3) is 0.222. The van der Waals surface area contributed by atoms with Gasteiger partial charge in [-0.3, -0.25) is 4.57 Å². The molecule has 2 aromatic heterocycles. The predicted octanol–water partition coefficient (Wildman–Crippen LogP) is 1.34.